The fourth-order valence-electron chi connectivity index (χ4n) is 2.33. The Bertz CT molecular complexity index is 493. The highest BCUT2D eigenvalue weighted by molar-refractivity contribution is 6.23. The van der Waals surface area contributed by atoms with Crippen LogP contribution in [0.15, 0.2) is 18.2 Å². The normalized spacial score (nSPS) is 14.5. The minimum atomic E-state index is -0.250. The van der Waals surface area contributed by atoms with Gasteiger partial charge in [0.05, 0.1) is 11.1 Å². The lowest BCUT2D eigenvalue weighted by Crippen LogP contribution is -2.34. The van der Waals surface area contributed by atoms with Gasteiger partial charge in [0.2, 0.25) is 0 Å². The number of imide groups is 1. The zero-order chi connectivity index (χ0) is 13.3. The molecule has 0 aliphatic carbocycles. The number of hydrogen-bond donors (Lipinski definition) is 1. The van der Waals surface area contributed by atoms with Crippen LogP contribution in [0.5, 0.6) is 0 Å². The highest BCUT2D eigenvalue weighted by Gasteiger charge is 2.37. The van der Waals surface area contributed by atoms with Gasteiger partial charge in [-0.2, -0.15) is 0 Å². The Morgan fingerprint density at radius 3 is 2.39 bits per heavy atom. The molecule has 1 aliphatic rings. The number of fused-ring (bicyclic) bond motifs is 1. The van der Waals surface area contributed by atoms with Crippen molar-refractivity contribution in [3.63, 3.8) is 0 Å². The summed E-state index contributed by atoms with van der Waals surface area (Å²) in [5.41, 5.74) is 6.97. The van der Waals surface area contributed by atoms with Gasteiger partial charge in [-0.1, -0.05) is 32.8 Å². The van der Waals surface area contributed by atoms with Crippen LogP contribution in [-0.4, -0.2) is 23.3 Å². The minimum absolute atomic E-state index is 0.214. The fraction of sp³-hybridized carbons (Fsp3) is 0.429. The number of nitrogen functional groups attached to an aromatic ring is 1. The molecule has 1 aromatic rings. The second kappa shape index (κ2) is 4.80. The van der Waals surface area contributed by atoms with E-state index in [4.69, 9.17) is 5.73 Å². The molecule has 4 heteroatoms. The molecular weight excluding hydrogens is 228 g/mol. The van der Waals surface area contributed by atoms with Gasteiger partial charge in [0.15, 0.2) is 0 Å². The molecule has 0 saturated carbocycles. The van der Waals surface area contributed by atoms with Crippen LogP contribution in [0.25, 0.3) is 0 Å². The molecule has 0 unspecified atom stereocenters. The summed E-state index contributed by atoms with van der Waals surface area (Å²) < 4.78 is 0. The molecular formula is C14H18N2O2. The molecule has 1 aromatic carbocycles. The lowest BCUT2D eigenvalue weighted by Gasteiger charge is -2.20. The molecule has 2 N–H and O–H groups in total. The number of nitrogens with zero attached hydrogens (tertiary/aromatic N) is 1. The second-order valence-corrected chi connectivity index (χ2v) is 4.67. The van der Waals surface area contributed by atoms with E-state index in [1.807, 2.05) is 0 Å². The van der Waals surface area contributed by atoms with Crippen molar-refractivity contribution in [3.8, 4) is 0 Å². The zero-order valence-corrected chi connectivity index (χ0v) is 10.8. The van der Waals surface area contributed by atoms with E-state index in [1.54, 1.807) is 18.2 Å². The largest absolute Gasteiger partial charge is 0.398 e. The van der Waals surface area contributed by atoms with E-state index in [0.29, 0.717) is 29.3 Å². The van der Waals surface area contributed by atoms with Crippen molar-refractivity contribution in [3.05, 3.63) is 29.3 Å². The van der Waals surface area contributed by atoms with Crippen LogP contribution < -0.4 is 5.73 Å². The lowest BCUT2D eigenvalue weighted by atomic mass is 10.0. The molecule has 0 spiro atoms. The van der Waals surface area contributed by atoms with Gasteiger partial charge in [0.1, 0.15) is 0 Å². The molecule has 0 bridgehead atoms. The molecule has 2 amide bonds. The molecule has 4 nitrogen and oxygen atoms in total. The van der Waals surface area contributed by atoms with Gasteiger partial charge in [-0.15, -0.1) is 0 Å². The van der Waals surface area contributed by atoms with Gasteiger partial charge < -0.3 is 5.73 Å². The number of nitrogens with two attached hydrogens (primary N) is 1. The van der Waals surface area contributed by atoms with Crippen molar-refractivity contribution in [2.24, 2.45) is 5.92 Å². The Morgan fingerprint density at radius 2 is 1.83 bits per heavy atom. The number of anilines is 1. The van der Waals surface area contributed by atoms with Gasteiger partial charge >= 0.3 is 0 Å². The summed E-state index contributed by atoms with van der Waals surface area (Å²) >= 11 is 0. The van der Waals surface area contributed by atoms with E-state index in [2.05, 4.69) is 13.8 Å². The average molecular weight is 246 g/mol. The summed E-state index contributed by atoms with van der Waals surface area (Å²) in [6, 6.07) is 5.03. The van der Waals surface area contributed by atoms with Crippen molar-refractivity contribution in [1.29, 1.82) is 0 Å². The highest BCUT2D eigenvalue weighted by atomic mass is 16.2. The summed E-state index contributed by atoms with van der Waals surface area (Å²) in [6.07, 6.45) is 1.92. The van der Waals surface area contributed by atoms with Gasteiger partial charge in [-0.3, -0.25) is 14.5 Å². The first-order valence-corrected chi connectivity index (χ1v) is 6.34. The first-order valence-electron chi connectivity index (χ1n) is 6.34. The number of amides is 2. The van der Waals surface area contributed by atoms with Crippen LogP contribution in [0.3, 0.4) is 0 Å². The SMILES string of the molecule is CCC(CC)CN1C(=O)c2cccc(N)c2C1=O. The third kappa shape index (κ3) is 1.88. The Morgan fingerprint density at radius 1 is 1.17 bits per heavy atom. The van der Waals surface area contributed by atoms with Crippen molar-refractivity contribution in [1.82, 2.24) is 4.90 Å². The molecule has 18 heavy (non-hydrogen) atoms. The van der Waals surface area contributed by atoms with E-state index in [9.17, 15) is 9.59 Å². The smallest absolute Gasteiger partial charge is 0.263 e. The van der Waals surface area contributed by atoms with Crippen molar-refractivity contribution >= 4 is 17.5 Å². The number of carbonyl (C=O) groups excluding carboxylic acids is 2. The van der Waals surface area contributed by atoms with E-state index >= 15 is 0 Å². The number of carbonyl (C=O) groups is 2. The number of hydrogen-bond acceptors (Lipinski definition) is 3. The summed E-state index contributed by atoms with van der Waals surface area (Å²) in [4.78, 5) is 25.7. The minimum Gasteiger partial charge on any atom is -0.398 e. The van der Waals surface area contributed by atoms with E-state index in [0.717, 1.165) is 12.8 Å². The summed E-state index contributed by atoms with van der Waals surface area (Å²) in [7, 11) is 0. The Hall–Kier alpha value is -1.84. The Kier molecular flexibility index (Phi) is 3.36. The average Bonchev–Trinajstić information content (AvgIpc) is 2.61. The summed E-state index contributed by atoms with van der Waals surface area (Å²) in [5.74, 6) is -0.109. The molecule has 2 rings (SSSR count). The molecule has 0 fully saturated rings. The quantitative estimate of drug-likeness (QED) is 0.655. The molecule has 1 aliphatic heterocycles. The lowest BCUT2D eigenvalue weighted by molar-refractivity contribution is 0.0627. The van der Waals surface area contributed by atoms with E-state index in [1.165, 1.54) is 4.90 Å². The van der Waals surface area contributed by atoms with Crippen LogP contribution in [-0.2, 0) is 0 Å². The molecule has 96 valence electrons. The van der Waals surface area contributed by atoms with Crippen molar-refractivity contribution in [2.45, 2.75) is 26.7 Å². The van der Waals surface area contributed by atoms with Gasteiger partial charge in [0, 0.05) is 12.2 Å². The van der Waals surface area contributed by atoms with Crippen LogP contribution in [0, 0.1) is 5.92 Å². The number of benzene rings is 1. The molecule has 0 aromatic heterocycles. The standard InChI is InChI=1S/C14H18N2O2/c1-3-9(4-2)8-16-13(17)10-6-5-7-11(15)12(10)14(16)18/h5-7,9H,3-4,8,15H2,1-2H3. The van der Waals surface area contributed by atoms with Crippen molar-refractivity contribution in [2.75, 3.05) is 12.3 Å². The third-order valence-corrected chi connectivity index (χ3v) is 3.63. The number of rotatable bonds is 4. The second-order valence-electron chi connectivity index (χ2n) is 4.67. The highest BCUT2D eigenvalue weighted by Crippen LogP contribution is 2.28. The third-order valence-electron chi connectivity index (χ3n) is 3.63. The first-order chi connectivity index (χ1) is 8.60. The van der Waals surface area contributed by atoms with Crippen molar-refractivity contribution < 1.29 is 9.59 Å². The molecule has 0 radical (unpaired) electrons. The first kappa shape index (κ1) is 12.6. The van der Waals surface area contributed by atoms with Crippen LogP contribution >= 0.6 is 0 Å². The molecule has 0 saturated heterocycles. The van der Waals surface area contributed by atoms with Gasteiger partial charge in [-0.25, -0.2) is 0 Å². The van der Waals surface area contributed by atoms with Gasteiger partial charge in [0.25, 0.3) is 11.8 Å². The summed E-state index contributed by atoms with van der Waals surface area (Å²) in [6.45, 7) is 4.63. The zero-order valence-electron chi connectivity index (χ0n) is 10.8. The topological polar surface area (TPSA) is 63.4 Å². The van der Waals surface area contributed by atoms with E-state index in [-0.39, 0.29) is 11.8 Å². The Balaban J connectivity index is 2.31. The Labute approximate surface area is 107 Å². The molecule has 1 heterocycles. The van der Waals surface area contributed by atoms with E-state index < -0.39 is 0 Å². The van der Waals surface area contributed by atoms with Crippen LogP contribution in [0.1, 0.15) is 47.4 Å². The monoisotopic (exact) mass is 246 g/mol. The van der Waals surface area contributed by atoms with Crippen LogP contribution in [0.2, 0.25) is 0 Å². The fourth-order valence-corrected chi connectivity index (χ4v) is 2.33. The molecule has 0 atom stereocenters. The van der Waals surface area contributed by atoms with Gasteiger partial charge in [-0.05, 0) is 18.1 Å². The predicted molar refractivity (Wildman–Crippen MR) is 70.3 cm³/mol. The maximum atomic E-state index is 12.2. The van der Waals surface area contributed by atoms with Crippen LogP contribution in [0.4, 0.5) is 5.69 Å². The summed E-state index contributed by atoms with van der Waals surface area (Å²) in [5, 5.41) is 0. The maximum Gasteiger partial charge on any atom is 0.263 e. The maximum absolute atomic E-state index is 12.2. The predicted octanol–water partition coefficient (Wildman–Crippen LogP) is 2.30.